The van der Waals surface area contributed by atoms with Crippen LogP contribution in [0.5, 0.6) is 0 Å². The van der Waals surface area contributed by atoms with Crippen LogP contribution in [0.15, 0.2) is 35.1 Å². The minimum absolute atomic E-state index is 0.0390. The fourth-order valence-electron chi connectivity index (χ4n) is 5.26. The van der Waals surface area contributed by atoms with Gasteiger partial charge in [-0.05, 0) is 36.8 Å². The van der Waals surface area contributed by atoms with Gasteiger partial charge in [0.15, 0.2) is 5.49 Å². The highest BCUT2D eigenvalue weighted by molar-refractivity contribution is 7.24. The van der Waals surface area contributed by atoms with Crippen LogP contribution in [-0.2, 0) is 12.8 Å². The molecule has 186 valence electrons. The molecule has 0 fully saturated rings. The van der Waals surface area contributed by atoms with Gasteiger partial charge in [0.2, 0.25) is 0 Å². The number of benzene rings is 1. The fourth-order valence-corrected chi connectivity index (χ4v) is 7.80. The van der Waals surface area contributed by atoms with E-state index < -0.39 is 5.56 Å². The van der Waals surface area contributed by atoms with Crippen LogP contribution in [0.2, 0.25) is 0 Å². The Hall–Kier alpha value is -5.20. The average Bonchev–Trinajstić information content (AvgIpc) is 3.53. The Morgan fingerprint density at radius 3 is 2.21 bits per heavy atom. The first-order valence-electron chi connectivity index (χ1n) is 11.9. The number of nitriles is 4. The van der Waals surface area contributed by atoms with Crippen LogP contribution in [0.1, 0.15) is 45.5 Å². The van der Waals surface area contributed by atoms with E-state index in [0.29, 0.717) is 37.6 Å². The van der Waals surface area contributed by atoms with Gasteiger partial charge in [-0.2, -0.15) is 21.0 Å². The molecule has 9 nitrogen and oxygen atoms in total. The first kappa shape index (κ1) is 24.2. The van der Waals surface area contributed by atoms with Gasteiger partial charge in [0.25, 0.3) is 5.56 Å². The SMILES string of the molecule is N#Cc1c(-n2c(=O)c(C#N)c(N)c3sc4c(C#N)c(-c5ccccc5)c(C#N)c(=N)n4c32)sc2c1CCCC2. The van der Waals surface area contributed by atoms with Gasteiger partial charge in [-0.15, -0.1) is 22.7 Å². The van der Waals surface area contributed by atoms with E-state index in [1.165, 1.54) is 20.3 Å². The first-order chi connectivity index (χ1) is 19.0. The number of hydrogen-bond donors (Lipinski definition) is 2. The Morgan fingerprint density at radius 1 is 0.872 bits per heavy atom. The minimum atomic E-state index is -0.714. The highest BCUT2D eigenvalue weighted by Crippen LogP contribution is 2.41. The van der Waals surface area contributed by atoms with Crippen LogP contribution < -0.4 is 16.8 Å². The summed E-state index contributed by atoms with van der Waals surface area (Å²) in [5.41, 5.74) is 7.52. The van der Waals surface area contributed by atoms with Crippen molar-refractivity contribution in [3.05, 3.63) is 78.9 Å². The lowest BCUT2D eigenvalue weighted by atomic mass is 9.96. The molecular formula is C28H16N8OS2. The van der Waals surface area contributed by atoms with Gasteiger partial charge < -0.3 is 5.73 Å². The monoisotopic (exact) mass is 544 g/mol. The molecule has 0 spiro atoms. The van der Waals surface area contributed by atoms with Crippen LogP contribution in [0, 0.1) is 50.7 Å². The number of rotatable bonds is 2. The summed E-state index contributed by atoms with van der Waals surface area (Å²) in [6.07, 6.45) is 3.40. The molecule has 1 aliphatic carbocycles. The zero-order valence-corrected chi connectivity index (χ0v) is 21.8. The summed E-state index contributed by atoms with van der Waals surface area (Å²) in [4.78, 5) is 15.1. The molecule has 0 atom stereocenters. The zero-order chi connectivity index (χ0) is 27.4. The summed E-state index contributed by atoms with van der Waals surface area (Å²) < 4.78 is 2.97. The Kier molecular flexibility index (Phi) is 5.56. The van der Waals surface area contributed by atoms with Gasteiger partial charge in [0.05, 0.1) is 21.5 Å². The standard InChI is InChI=1S/C28H16N8OS2/c29-10-16-15-8-4-5-9-20(15)38-27(16)36-25-23(22(33)19(13-32)26(36)37)39-28-18(12-31)21(14-6-2-1-3-7-14)17(11-30)24(34)35(25)28/h1-3,6-7,34H,4-5,8-9,33H2. The van der Waals surface area contributed by atoms with E-state index in [-0.39, 0.29) is 33.5 Å². The van der Waals surface area contributed by atoms with E-state index in [1.54, 1.807) is 24.3 Å². The maximum Gasteiger partial charge on any atom is 0.277 e. The van der Waals surface area contributed by atoms with E-state index in [4.69, 9.17) is 11.1 Å². The van der Waals surface area contributed by atoms with Crippen molar-refractivity contribution >= 4 is 43.5 Å². The maximum absolute atomic E-state index is 13.8. The predicted octanol–water partition coefficient (Wildman–Crippen LogP) is 4.46. The van der Waals surface area contributed by atoms with Crippen LogP contribution >= 0.6 is 22.7 Å². The van der Waals surface area contributed by atoms with Gasteiger partial charge in [-0.3, -0.25) is 14.6 Å². The molecule has 11 heteroatoms. The number of anilines is 1. The molecule has 1 aliphatic rings. The molecule has 0 bridgehead atoms. The molecule has 39 heavy (non-hydrogen) atoms. The molecule has 0 saturated carbocycles. The Balaban J connectivity index is 1.89. The van der Waals surface area contributed by atoms with Crippen molar-refractivity contribution in [3.63, 3.8) is 0 Å². The minimum Gasteiger partial charge on any atom is -0.396 e. The third-order valence-electron chi connectivity index (χ3n) is 7.00. The lowest BCUT2D eigenvalue weighted by Gasteiger charge is -2.13. The first-order valence-corrected chi connectivity index (χ1v) is 13.5. The summed E-state index contributed by atoms with van der Waals surface area (Å²) in [5.74, 6) is 0. The molecule has 6 rings (SSSR count). The van der Waals surface area contributed by atoms with Gasteiger partial charge in [-0.1, -0.05) is 30.3 Å². The summed E-state index contributed by atoms with van der Waals surface area (Å²) in [6, 6.07) is 17.3. The van der Waals surface area contributed by atoms with Gasteiger partial charge in [0.1, 0.15) is 50.9 Å². The Labute approximate surface area is 229 Å². The second-order valence-electron chi connectivity index (χ2n) is 9.00. The van der Waals surface area contributed by atoms with Crippen molar-refractivity contribution in [3.8, 4) is 40.4 Å². The second kappa shape index (κ2) is 8.97. The molecule has 0 saturated heterocycles. The van der Waals surface area contributed by atoms with Crippen molar-refractivity contribution in [1.82, 2.24) is 8.97 Å². The lowest BCUT2D eigenvalue weighted by Crippen LogP contribution is -2.27. The number of hydrogen-bond acceptors (Lipinski definition) is 9. The maximum atomic E-state index is 13.8. The number of pyridine rings is 2. The quantitative estimate of drug-likeness (QED) is 0.332. The van der Waals surface area contributed by atoms with Crippen molar-refractivity contribution in [2.45, 2.75) is 25.7 Å². The van der Waals surface area contributed by atoms with Crippen LogP contribution in [-0.4, -0.2) is 8.97 Å². The van der Waals surface area contributed by atoms with E-state index >= 15 is 0 Å². The number of aryl methyl sites for hydroxylation is 1. The van der Waals surface area contributed by atoms with Crippen molar-refractivity contribution in [2.75, 3.05) is 5.73 Å². The van der Waals surface area contributed by atoms with Crippen molar-refractivity contribution in [2.24, 2.45) is 0 Å². The third-order valence-corrected chi connectivity index (χ3v) is 9.46. The number of nitrogen functional groups attached to an aromatic ring is 1. The van der Waals surface area contributed by atoms with E-state index in [2.05, 4.69) is 18.2 Å². The molecule has 0 aliphatic heterocycles. The van der Waals surface area contributed by atoms with E-state index in [0.717, 1.165) is 41.0 Å². The highest BCUT2D eigenvalue weighted by atomic mass is 32.1. The highest BCUT2D eigenvalue weighted by Gasteiger charge is 2.29. The number of nitrogens with one attached hydrogen (secondary N) is 1. The normalized spacial score (nSPS) is 12.4. The molecule has 4 aromatic heterocycles. The molecule has 0 amide bonds. The number of nitrogens with zero attached hydrogens (tertiary/aromatic N) is 6. The summed E-state index contributed by atoms with van der Waals surface area (Å²) in [6.45, 7) is 0. The number of fused-ring (bicyclic) bond motifs is 4. The summed E-state index contributed by atoms with van der Waals surface area (Å²) in [5, 5.41) is 49.9. The average molecular weight is 545 g/mol. The summed E-state index contributed by atoms with van der Waals surface area (Å²) >= 11 is 2.40. The van der Waals surface area contributed by atoms with Gasteiger partial charge in [0, 0.05) is 10.4 Å². The van der Waals surface area contributed by atoms with Crippen molar-refractivity contribution < 1.29 is 0 Å². The van der Waals surface area contributed by atoms with Gasteiger partial charge in [-0.25, -0.2) is 4.57 Å². The van der Waals surface area contributed by atoms with E-state index in [1.807, 2.05) is 12.1 Å². The van der Waals surface area contributed by atoms with Crippen molar-refractivity contribution in [1.29, 1.82) is 26.5 Å². The number of aromatic nitrogens is 2. The Bertz CT molecular complexity index is 2170. The number of thiazole rings is 1. The predicted molar refractivity (Wildman–Crippen MR) is 147 cm³/mol. The molecule has 5 aromatic rings. The molecule has 4 heterocycles. The lowest BCUT2D eigenvalue weighted by molar-refractivity contribution is 0.695. The summed E-state index contributed by atoms with van der Waals surface area (Å²) in [7, 11) is 0. The van der Waals surface area contributed by atoms with Crippen LogP contribution in [0.3, 0.4) is 0 Å². The molecule has 1 aromatic carbocycles. The molecule has 3 N–H and O–H groups in total. The van der Waals surface area contributed by atoms with Crippen LogP contribution in [0.4, 0.5) is 5.69 Å². The molecular weight excluding hydrogens is 528 g/mol. The smallest absolute Gasteiger partial charge is 0.277 e. The zero-order valence-electron chi connectivity index (χ0n) is 20.2. The third kappa shape index (κ3) is 3.25. The van der Waals surface area contributed by atoms with Gasteiger partial charge >= 0.3 is 0 Å². The number of thiophene rings is 1. The molecule has 0 unspecified atom stereocenters. The topological polar surface area (TPSA) is 171 Å². The fraction of sp³-hybridized carbons (Fsp3) is 0.143. The molecule has 0 radical (unpaired) electrons. The van der Waals surface area contributed by atoms with E-state index in [9.17, 15) is 25.8 Å². The largest absolute Gasteiger partial charge is 0.396 e. The second-order valence-corrected chi connectivity index (χ2v) is 11.1. The number of nitrogens with two attached hydrogens (primary N) is 1. The van der Waals surface area contributed by atoms with Crippen LogP contribution in [0.25, 0.3) is 31.3 Å². The Morgan fingerprint density at radius 2 is 1.54 bits per heavy atom.